The van der Waals surface area contributed by atoms with Gasteiger partial charge in [0.15, 0.2) is 0 Å². The van der Waals surface area contributed by atoms with Crippen LogP contribution in [0.15, 0.2) is 35.2 Å². The number of benzene rings is 1. The molecule has 1 nitrogen and oxygen atoms in total. The number of thioether (sulfide) groups is 1. The van der Waals surface area contributed by atoms with Crippen LogP contribution in [-0.2, 0) is 0 Å². The first-order chi connectivity index (χ1) is 9.33. The molecular formula is C17H27NS. The Morgan fingerprint density at radius 3 is 2.68 bits per heavy atom. The van der Waals surface area contributed by atoms with Crippen LogP contribution < -0.4 is 5.32 Å². The Bertz CT molecular complexity index is 352. The average Bonchev–Trinajstić information content (AvgIpc) is 2.48. The minimum atomic E-state index is 0.749. The molecule has 1 N–H and O–H groups in total. The van der Waals surface area contributed by atoms with Crippen LogP contribution in [0, 0.1) is 11.8 Å². The summed E-state index contributed by atoms with van der Waals surface area (Å²) in [6, 6.07) is 11.5. The van der Waals surface area contributed by atoms with E-state index in [9.17, 15) is 0 Å². The van der Waals surface area contributed by atoms with Crippen LogP contribution in [0.1, 0.15) is 39.0 Å². The minimum Gasteiger partial charge on any atom is -0.317 e. The summed E-state index contributed by atoms with van der Waals surface area (Å²) in [7, 11) is 2.13. The van der Waals surface area contributed by atoms with Gasteiger partial charge in [0.25, 0.3) is 0 Å². The van der Waals surface area contributed by atoms with E-state index in [-0.39, 0.29) is 0 Å². The van der Waals surface area contributed by atoms with Gasteiger partial charge >= 0.3 is 0 Å². The second-order valence-electron chi connectivity index (χ2n) is 5.69. The summed E-state index contributed by atoms with van der Waals surface area (Å²) in [5, 5.41) is 3.54. The van der Waals surface area contributed by atoms with Gasteiger partial charge in [-0.05, 0) is 62.5 Å². The lowest BCUT2D eigenvalue weighted by atomic mass is 9.76. The zero-order valence-corrected chi connectivity index (χ0v) is 13.1. The number of rotatable bonds is 6. The summed E-state index contributed by atoms with van der Waals surface area (Å²) >= 11 is 2.01. The van der Waals surface area contributed by atoms with E-state index >= 15 is 0 Å². The van der Waals surface area contributed by atoms with Gasteiger partial charge in [-0.3, -0.25) is 0 Å². The lowest BCUT2D eigenvalue weighted by Crippen LogP contribution is -2.38. The summed E-state index contributed by atoms with van der Waals surface area (Å²) in [6.07, 6.45) is 6.93. The Morgan fingerprint density at radius 1 is 1.21 bits per heavy atom. The molecule has 1 aromatic carbocycles. The van der Waals surface area contributed by atoms with Gasteiger partial charge in [0, 0.05) is 10.9 Å². The zero-order chi connectivity index (χ0) is 13.5. The van der Waals surface area contributed by atoms with Gasteiger partial charge in [-0.15, -0.1) is 11.8 Å². The lowest BCUT2D eigenvalue weighted by Gasteiger charge is -2.36. The quantitative estimate of drug-likeness (QED) is 0.764. The average molecular weight is 277 g/mol. The normalized spacial score (nSPS) is 27.4. The van der Waals surface area contributed by atoms with E-state index in [1.54, 1.807) is 0 Å². The molecule has 2 heteroatoms. The first-order valence-electron chi connectivity index (χ1n) is 7.68. The Balaban J connectivity index is 1.79. The molecule has 0 heterocycles. The van der Waals surface area contributed by atoms with Crippen molar-refractivity contribution in [3.05, 3.63) is 30.3 Å². The summed E-state index contributed by atoms with van der Waals surface area (Å²) in [6.45, 7) is 2.35. The Hall–Kier alpha value is -0.470. The van der Waals surface area contributed by atoms with Gasteiger partial charge in [0.1, 0.15) is 0 Å². The van der Waals surface area contributed by atoms with Crippen molar-refractivity contribution in [1.82, 2.24) is 5.32 Å². The minimum absolute atomic E-state index is 0.749. The Labute approximate surface area is 122 Å². The summed E-state index contributed by atoms with van der Waals surface area (Å²) in [5.41, 5.74) is 0. The SMILES string of the molecule is CCC1CCC(NC)C(CCSc2ccccc2)C1. The van der Waals surface area contributed by atoms with Gasteiger partial charge in [-0.1, -0.05) is 31.5 Å². The van der Waals surface area contributed by atoms with Crippen LogP contribution in [0.2, 0.25) is 0 Å². The van der Waals surface area contributed by atoms with Crippen molar-refractivity contribution in [2.45, 2.75) is 50.0 Å². The number of hydrogen-bond acceptors (Lipinski definition) is 2. The molecule has 1 aliphatic carbocycles. The highest BCUT2D eigenvalue weighted by Crippen LogP contribution is 2.34. The van der Waals surface area contributed by atoms with E-state index in [1.807, 2.05) is 11.8 Å². The molecule has 1 aromatic rings. The van der Waals surface area contributed by atoms with Crippen LogP contribution in [-0.4, -0.2) is 18.8 Å². The van der Waals surface area contributed by atoms with E-state index in [4.69, 9.17) is 0 Å². The Kier molecular flexibility index (Phi) is 6.25. The van der Waals surface area contributed by atoms with Gasteiger partial charge in [-0.25, -0.2) is 0 Å². The summed E-state index contributed by atoms with van der Waals surface area (Å²) in [5.74, 6) is 3.10. The van der Waals surface area contributed by atoms with Crippen LogP contribution in [0.3, 0.4) is 0 Å². The first-order valence-corrected chi connectivity index (χ1v) is 8.67. The maximum Gasteiger partial charge on any atom is 0.00928 e. The third-order valence-electron chi connectivity index (χ3n) is 4.54. The largest absolute Gasteiger partial charge is 0.317 e. The Morgan fingerprint density at radius 2 is 2.00 bits per heavy atom. The maximum atomic E-state index is 3.54. The van der Waals surface area contributed by atoms with Crippen LogP contribution in [0.5, 0.6) is 0 Å². The molecule has 0 spiro atoms. The molecule has 0 saturated heterocycles. The van der Waals surface area contributed by atoms with E-state index in [0.717, 1.165) is 17.9 Å². The maximum absolute atomic E-state index is 3.54. The fourth-order valence-corrected chi connectivity index (χ4v) is 4.28. The smallest absolute Gasteiger partial charge is 0.00928 e. The highest BCUT2D eigenvalue weighted by molar-refractivity contribution is 7.99. The molecule has 3 unspecified atom stereocenters. The van der Waals surface area contributed by atoms with E-state index in [2.05, 4.69) is 49.6 Å². The topological polar surface area (TPSA) is 12.0 Å². The molecule has 2 rings (SSSR count). The van der Waals surface area contributed by atoms with Crippen LogP contribution in [0.25, 0.3) is 0 Å². The molecule has 0 bridgehead atoms. The fraction of sp³-hybridized carbons (Fsp3) is 0.647. The predicted molar refractivity (Wildman–Crippen MR) is 85.8 cm³/mol. The number of nitrogens with one attached hydrogen (secondary N) is 1. The third kappa shape index (κ3) is 4.54. The molecule has 1 fully saturated rings. The molecule has 1 saturated carbocycles. The van der Waals surface area contributed by atoms with E-state index in [0.29, 0.717) is 0 Å². The van der Waals surface area contributed by atoms with Crippen molar-refractivity contribution < 1.29 is 0 Å². The number of hydrogen-bond donors (Lipinski definition) is 1. The molecule has 106 valence electrons. The molecule has 0 amide bonds. The van der Waals surface area contributed by atoms with Crippen molar-refractivity contribution >= 4 is 11.8 Å². The second kappa shape index (κ2) is 7.96. The fourth-order valence-electron chi connectivity index (χ4n) is 3.28. The van der Waals surface area contributed by atoms with Crippen LogP contribution >= 0.6 is 11.8 Å². The highest BCUT2D eigenvalue weighted by Gasteiger charge is 2.28. The summed E-state index contributed by atoms with van der Waals surface area (Å²) < 4.78 is 0. The molecular weight excluding hydrogens is 250 g/mol. The molecule has 3 atom stereocenters. The summed E-state index contributed by atoms with van der Waals surface area (Å²) in [4.78, 5) is 1.41. The molecule has 0 aliphatic heterocycles. The monoisotopic (exact) mass is 277 g/mol. The highest BCUT2D eigenvalue weighted by atomic mass is 32.2. The van der Waals surface area contributed by atoms with Crippen molar-refractivity contribution in [2.75, 3.05) is 12.8 Å². The zero-order valence-electron chi connectivity index (χ0n) is 12.3. The predicted octanol–water partition coefficient (Wildman–Crippen LogP) is 4.58. The van der Waals surface area contributed by atoms with Crippen molar-refractivity contribution in [3.63, 3.8) is 0 Å². The molecule has 0 radical (unpaired) electrons. The van der Waals surface area contributed by atoms with Gasteiger partial charge in [-0.2, -0.15) is 0 Å². The third-order valence-corrected chi connectivity index (χ3v) is 5.59. The lowest BCUT2D eigenvalue weighted by molar-refractivity contribution is 0.202. The van der Waals surface area contributed by atoms with Gasteiger partial charge < -0.3 is 5.32 Å². The standard InChI is InChI=1S/C17H27NS/c1-3-14-9-10-17(18-2)15(13-14)11-12-19-16-7-5-4-6-8-16/h4-8,14-15,17-18H,3,9-13H2,1-2H3. The second-order valence-corrected chi connectivity index (χ2v) is 6.86. The molecule has 0 aromatic heterocycles. The van der Waals surface area contributed by atoms with E-state index < -0.39 is 0 Å². The molecule has 1 aliphatic rings. The van der Waals surface area contributed by atoms with E-state index in [1.165, 1.54) is 42.8 Å². The molecule has 19 heavy (non-hydrogen) atoms. The van der Waals surface area contributed by atoms with Crippen LogP contribution in [0.4, 0.5) is 0 Å². The van der Waals surface area contributed by atoms with Crippen molar-refractivity contribution in [3.8, 4) is 0 Å². The van der Waals surface area contributed by atoms with Gasteiger partial charge in [0.2, 0.25) is 0 Å². The van der Waals surface area contributed by atoms with Gasteiger partial charge in [0.05, 0.1) is 0 Å². The van der Waals surface area contributed by atoms with Crippen molar-refractivity contribution in [1.29, 1.82) is 0 Å². The first kappa shape index (κ1) is 14.9. The van der Waals surface area contributed by atoms with Crippen molar-refractivity contribution in [2.24, 2.45) is 11.8 Å².